The first kappa shape index (κ1) is 15.5. The Labute approximate surface area is 129 Å². The van der Waals surface area contributed by atoms with E-state index in [0.717, 1.165) is 18.2 Å². The first-order chi connectivity index (χ1) is 10.0. The van der Waals surface area contributed by atoms with Gasteiger partial charge in [-0.15, -0.1) is 0 Å². The first-order valence-electron chi connectivity index (χ1n) is 6.17. The van der Waals surface area contributed by atoms with Crippen molar-refractivity contribution in [2.45, 2.75) is 29.9 Å². The van der Waals surface area contributed by atoms with E-state index in [-0.39, 0.29) is 21.2 Å². The smallest absolute Gasteiger partial charge is 0.337 e. The molecular weight excluding hydrogens is 314 g/mol. The lowest BCUT2D eigenvalue weighted by molar-refractivity contribution is 0.0696. The summed E-state index contributed by atoms with van der Waals surface area (Å²) in [4.78, 5) is 33.5. The number of nitrogens with one attached hydrogen (secondary N) is 1. The Morgan fingerprint density at radius 2 is 2.29 bits per heavy atom. The second-order valence-electron chi connectivity index (χ2n) is 4.18. The third-order valence-corrected chi connectivity index (χ3v) is 3.94. The SMILES string of the molecule is CCCc1cc(=O)[nH]c(Sc2nccc(C(=O)O)c2Cl)n1. The van der Waals surface area contributed by atoms with E-state index in [9.17, 15) is 9.59 Å². The van der Waals surface area contributed by atoms with Crippen molar-refractivity contribution in [2.24, 2.45) is 0 Å². The van der Waals surface area contributed by atoms with Crippen LogP contribution in [0.1, 0.15) is 29.4 Å². The zero-order chi connectivity index (χ0) is 15.4. The normalized spacial score (nSPS) is 10.6. The van der Waals surface area contributed by atoms with Crippen LogP contribution in [-0.4, -0.2) is 26.0 Å². The second-order valence-corrected chi connectivity index (χ2v) is 5.53. The van der Waals surface area contributed by atoms with Crippen molar-refractivity contribution in [2.75, 3.05) is 0 Å². The molecule has 0 radical (unpaired) electrons. The number of carboxylic acid groups (broad SMARTS) is 1. The fourth-order valence-electron chi connectivity index (χ4n) is 1.67. The zero-order valence-corrected chi connectivity index (χ0v) is 12.7. The fourth-order valence-corrected chi connectivity index (χ4v) is 2.79. The van der Waals surface area contributed by atoms with Crippen molar-refractivity contribution >= 4 is 29.3 Å². The Bertz CT molecular complexity index is 733. The van der Waals surface area contributed by atoms with E-state index in [1.807, 2.05) is 6.92 Å². The van der Waals surface area contributed by atoms with Crippen molar-refractivity contribution in [3.05, 3.63) is 45.0 Å². The van der Waals surface area contributed by atoms with Crippen molar-refractivity contribution in [1.29, 1.82) is 0 Å². The molecule has 2 aromatic heterocycles. The number of aromatic carboxylic acids is 1. The maximum Gasteiger partial charge on any atom is 0.337 e. The highest BCUT2D eigenvalue weighted by Crippen LogP contribution is 2.31. The standard InChI is InChI=1S/C13H12ClN3O3S/c1-2-3-7-6-9(18)17-13(16-7)21-11-10(14)8(12(19)20)4-5-15-11/h4-6H,2-3H2,1H3,(H,19,20)(H,16,17,18). The molecule has 0 unspecified atom stereocenters. The van der Waals surface area contributed by atoms with Crippen molar-refractivity contribution < 1.29 is 9.90 Å². The van der Waals surface area contributed by atoms with Crippen LogP contribution in [0.5, 0.6) is 0 Å². The molecule has 2 heterocycles. The number of pyridine rings is 1. The number of halogens is 1. The van der Waals surface area contributed by atoms with Crippen molar-refractivity contribution in [3.8, 4) is 0 Å². The van der Waals surface area contributed by atoms with Crippen LogP contribution in [0, 0.1) is 0 Å². The number of aromatic amines is 1. The molecule has 0 amide bonds. The lowest BCUT2D eigenvalue weighted by Gasteiger charge is -2.06. The predicted octanol–water partition coefficient (Wildman–Crippen LogP) is 2.62. The maximum absolute atomic E-state index is 11.6. The Kier molecular flexibility index (Phi) is 4.98. The van der Waals surface area contributed by atoms with Crippen LogP contribution in [0.25, 0.3) is 0 Å². The van der Waals surface area contributed by atoms with E-state index in [0.29, 0.717) is 17.3 Å². The van der Waals surface area contributed by atoms with Gasteiger partial charge in [-0.2, -0.15) is 0 Å². The number of nitrogens with zero attached hydrogens (tertiary/aromatic N) is 2. The van der Waals surface area contributed by atoms with E-state index in [4.69, 9.17) is 16.7 Å². The van der Waals surface area contributed by atoms with Gasteiger partial charge >= 0.3 is 5.97 Å². The molecule has 2 N–H and O–H groups in total. The molecule has 0 saturated heterocycles. The minimum Gasteiger partial charge on any atom is -0.478 e. The molecule has 0 aliphatic carbocycles. The molecule has 6 nitrogen and oxygen atoms in total. The van der Waals surface area contributed by atoms with Crippen LogP contribution in [0.15, 0.2) is 33.3 Å². The zero-order valence-electron chi connectivity index (χ0n) is 11.1. The summed E-state index contributed by atoms with van der Waals surface area (Å²) in [5, 5.41) is 9.67. The van der Waals surface area contributed by atoms with E-state index >= 15 is 0 Å². The Morgan fingerprint density at radius 3 is 2.95 bits per heavy atom. The van der Waals surface area contributed by atoms with E-state index in [1.54, 1.807) is 0 Å². The summed E-state index contributed by atoms with van der Waals surface area (Å²) in [7, 11) is 0. The summed E-state index contributed by atoms with van der Waals surface area (Å²) in [5.41, 5.74) is 0.372. The van der Waals surface area contributed by atoms with Crippen LogP contribution in [0.2, 0.25) is 5.02 Å². The average molecular weight is 326 g/mol. The topological polar surface area (TPSA) is 95.9 Å². The van der Waals surface area contributed by atoms with Gasteiger partial charge in [0.05, 0.1) is 10.6 Å². The highest BCUT2D eigenvalue weighted by atomic mass is 35.5. The van der Waals surface area contributed by atoms with Gasteiger partial charge in [0.25, 0.3) is 5.56 Å². The lowest BCUT2D eigenvalue weighted by Crippen LogP contribution is -2.10. The second kappa shape index (κ2) is 6.73. The van der Waals surface area contributed by atoms with E-state index < -0.39 is 5.97 Å². The molecule has 2 rings (SSSR count). The summed E-state index contributed by atoms with van der Waals surface area (Å²) >= 11 is 7.04. The lowest BCUT2D eigenvalue weighted by atomic mass is 10.2. The molecule has 0 bridgehead atoms. The fraction of sp³-hybridized carbons (Fsp3) is 0.231. The first-order valence-corrected chi connectivity index (χ1v) is 7.36. The van der Waals surface area contributed by atoms with E-state index in [2.05, 4.69) is 15.0 Å². The number of aryl methyl sites for hydroxylation is 1. The van der Waals surface area contributed by atoms with Gasteiger partial charge in [0.1, 0.15) is 5.03 Å². The highest BCUT2D eigenvalue weighted by molar-refractivity contribution is 7.99. The van der Waals surface area contributed by atoms with Gasteiger partial charge in [0.2, 0.25) is 0 Å². The minimum absolute atomic E-state index is 0.0264. The molecule has 0 aromatic carbocycles. The Hall–Kier alpha value is -1.86. The average Bonchev–Trinajstić information content (AvgIpc) is 2.40. The van der Waals surface area contributed by atoms with Crippen molar-refractivity contribution in [3.63, 3.8) is 0 Å². The number of hydrogen-bond acceptors (Lipinski definition) is 5. The van der Waals surface area contributed by atoms with E-state index in [1.165, 1.54) is 18.3 Å². The van der Waals surface area contributed by atoms with Gasteiger partial charge in [-0.3, -0.25) is 4.79 Å². The summed E-state index contributed by atoms with van der Waals surface area (Å²) < 4.78 is 0. The van der Waals surface area contributed by atoms with Gasteiger partial charge in [-0.05, 0) is 24.2 Å². The predicted molar refractivity (Wildman–Crippen MR) is 79.2 cm³/mol. The summed E-state index contributed by atoms with van der Waals surface area (Å²) in [5.74, 6) is -1.13. The summed E-state index contributed by atoms with van der Waals surface area (Å²) in [6, 6.07) is 2.76. The number of rotatable bonds is 5. The molecule has 2 aromatic rings. The Balaban J connectivity index is 2.36. The van der Waals surface area contributed by atoms with Gasteiger partial charge < -0.3 is 10.1 Å². The van der Waals surface area contributed by atoms with Crippen LogP contribution in [0.4, 0.5) is 0 Å². The van der Waals surface area contributed by atoms with Gasteiger partial charge in [0.15, 0.2) is 5.16 Å². The van der Waals surface area contributed by atoms with Crippen molar-refractivity contribution in [1.82, 2.24) is 15.0 Å². The monoisotopic (exact) mass is 325 g/mol. The summed E-state index contributed by atoms with van der Waals surface area (Å²) in [6.07, 6.45) is 2.91. The Morgan fingerprint density at radius 1 is 1.52 bits per heavy atom. The van der Waals surface area contributed by atoms with Crippen LogP contribution in [0.3, 0.4) is 0 Å². The molecule has 110 valence electrons. The van der Waals surface area contributed by atoms with Gasteiger partial charge in [-0.1, -0.05) is 24.9 Å². The number of carbonyl (C=O) groups is 1. The van der Waals surface area contributed by atoms with Gasteiger partial charge in [-0.25, -0.2) is 14.8 Å². The van der Waals surface area contributed by atoms with Crippen LogP contribution < -0.4 is 5.56 Å². The minimum atomic E-state index is -1.13. The third kappa shape index (κ3) is 3.83. The van der Waals surface area contributed by atoms with Gasteiger partial charge in [0, 0.05) is 18.0 Å². The quantitative estimate of drug-likeness (QED) is 0.820. The number of aromatic nitrogens is 3. The number of H-pyrrole nitrogens is 1. The molecule has 0 fully saturated rings. The highest BCUT2D eigenvalue weighted by Gasteiger charge is 2.15. The molecule has 0 saturated carbocycles. The molecule has 0 atom stereocenters. The molecule has 21 heavy (non-hydrogen) atoms. The maximum atomic E-state index is 11.6. The molecule has 8 heteroatoms. The molecule has 0 spiro atoms. The molecule has 0 aliphatic heterocycles. The molecular formula is C13H12ClN3O3S. The van der Waals surface area contributed by atoms with Crippen LogP contribution in [-0.2, 0) is 6.42 Å². The summed E-state index contributed by atoms with van der Waals surface area (Å²) in [6.45, 7) is 1.99. The number of hydrogen-bond donors (Lipinski definition) is 2. The number of carboxylic acids is 1. The molecule has 0 aliphatic rings. The largest absolute Gasteiger partial charge is 0.478 e. The third-order valence-electron chi connectivity index (χ3n) is 2.56. The van der Waals surface area contributed by atoms with Crippen LogP contribution >= 0.6 is 23.4 Å².